The lowest BCUT2D eigenvalue weighted by molar-refractivity contribution is -0.183. The van der Waals surface area contributed by atoms with E-state index in [0.717, 1.165) is 51.4 Å². The van der Waals surface area contributed by atoms with E-state index in [2.05, 4.69) is 116 Å². The van der Waals surface area contributed by atoms with Crippen LogP contribution >= 0.6 is 0 Å². The van der Waals surface area contributed by atoms with Crippen molar-refractivity contribution in [1.29, 1.82) is 0 Å². The van der Waals surface area contributed by atoms with Crippen molar-refractivity contribution in [2.45, 2.75) is 125 Å². The van der Waals surface area contributed by atoms with Crippen molar-refractivity contribution in [3.8, 4) is 0 Å². The number of benzene rings is 2. The van der Waals surface area contributed by atoms with Crippen molar-refractivity contribution >= 4 is 16.7 Å². The highest BCUT2D eigenvalue weighted by Crippen LogP contribution is 2.74. The second-order valence-corrected chi connectivity index (χ2v) is 14.7. The molecular weight excluding hydrogens is 512 g/mol. The third kappa shape index (κ3) is 6.79. The molecule has 2 saturated carbocycles. The fourth-order valence-electron chi connectivity index (χ4n) is 7.91. The van der Waals surface area contributed by atoms with Crippen LogP contribution in [0.5, 0.6) is 0 Å². The summed E-state index contributed by atoms with van der Waals surface area (Å²) in [4.78, 5) is 13.6. The summed E-state index contributed by atoms with van der Waals surface area (Å²) in [7, 11) is 0. The van der Waals surface area contributed by atoms with Gasteiger partial charge in [0.15, 0.2) is 0 Å². The molecule has 2 nitrogen and oxygen atoms in total. The van der Waals surface area contributed by atoms with Crippen molar-refractivity contribution in [1.82, 2.24) is 0 Å². The van der Waals surface area contributed by atoms with Gasteiger partial charge < -0.3 is 4.74 Å². The lowest BCUT2D eigenvalue weighted by Gasteiger charge is -2.48. The van der Waals surface area contributed by atoms with Crippen LogP contribution in [0.1, 0.15) is 125 Å². The first-order valence-electron chi connectivity index (χ1n) is 16.5. The monoisotopic (exact) mass is 568 g/mol. The average molecular weight is 569 g/mol. The maximum atomic E-state index is 13.6. The first kappa shape index (κ1) is 32.3. The second-order valence-electron chi connectivity index (χ2n) is 14.7. The smallest absolute Gasteiger partial charge is 0.306 e. The minimum atomic E-state index is -0.561. The summed E-state index contributed by atoms with van der Waals surface area (Å²) < 4.78 is 6.76. The van der Waals surface area contributed by atoms with Gasteiger partial charge in [0.05, 0.1) is 0 Å². The molecule has 2 heteroatoms. The van der Waals surface area contributed by atoms with Crippen molar-refractivity contribution < 1.29 is 9.53 Å². The molecule has 2 aromatic rings. The lowest BCUT2D eigenvalue weighted by atomic mass is 9.62. The molecule has 0 aromatic heterocycles. The molecule has 2 bridgehead atoms. The highest BCUT2D eigenvalue weighted by Gasteiger charge is 2.71. The third-order valence-electron chi connectivity index (χ3n) is 11.2. The highest BCUT2D eigenvalue weighted by molar-refractivity contribution is 5.83. The van der Waals surface area contributed by atoms with E-state index >= 15 is 0 Å². The van der Waals surface area contributed by atoms with Gasteiger partial charge >= 0.3 is 5.97 Å². The molecule has 42 heavy (non-hydrogen) atoms. The summed E-state index contributed by atoms with van der Waals surface area (Å²) in [6, 6.07) is 15.3. The molecule has 0 amide bonds. The Labute approximate surface area is 256 Å². The van der Waals surface area contributed by atoms with Gasteiger partial charge in [-0.25, -0.2) is 0 Å². The predicted molar refractivity (Wildman–Crippen MR) is 179 cm³/mol. The predicted octanol–water partition coefficient (Wildman–Crippen LogP) is 11.7. The fraction of sp³-hybridized carbons (Fsp3) is 0.575. The van der Waals surface area contributed by atoms with Crippen molar-refractivity contribution in [2.24, 2.45) is 22.7 Å². The second kappa shape index (κ2) is 13.4. The van der Waals surface area contributed by atoms with Crippen LogP contribution in [-0.4, -0.2) is 5.97 Å². The van der Waals surface area contributed by atoms with E-state index in [4.69, 9.17) is 4.74 Å². The molecule has 2 fully saturated rings. The van der Waals surface area contributed by atoms with Crippen LogP contribution in [0.25, 0.3) is 10.8 Å². The van der Waals surface area contributed by atoms with Crippen molar-refractivity contribution in [3.63, 3.8) is 0 Å². The molecule has 4 rings (SSSR count). The Morgan fingerprint density at radius 1 is 0.905 bits per heavy atom. The Bertz CT molecular complexity index is 1340. The van der Waals surface area contributed by atoms with Gasteiger partial charge in [-0.15, -0.1) is 0 Å². The summed E-state index contributed by atoms with van der Waals surface area (Å²) >= 11 is 0. The Kier molecular flexibility index (Phi) is 10.3. The number of esters is 1. The lowest BCUT2D eigenvalue weighted by Crippen LogP contribution is -2.48. The molecule has 0 spiro atoms. The fourth-order valence-corrected chi connectivity index (χ4v) is 7.91. The largest absolute Gasteiger partial charge is 0.454 e. The molecule has 0 saturated heterocycles. The van der Waals surface area contributed by atoms with Crippen LogP contribution in [0.4, 0.5) is 0 Å². The molecule has 228 valence electrons. The summed E-state index contributed by atoms with van der Waals surface area (Å²) in [5, 5.41) is 2.46. The number of hydrogen-bond acceptors (Lipinski definition) is 2. The van der Waals surface area contributed by atoms with Gasteiger partial charge in [-0.3, -0.25) is 4.79 Å². The molecule has 0 heterocycles. The maximum absolute atomic E-state index is 13.6. The zero-order valence-electron chi connectivity index (χ0n) is 27.8. The molecule has 0 unspecified atom stereocenters. The Hall–Kier alpha value is -2.61. The number of fused-ring (bicyclic) bond motifs is 3. The molecule has 4 atom stereocenters. The van der Waals surface area contributed by atoms with Crippen LogP contribution in [-0.2, 0) is 15.1 Å². The zero-order valence-corrected chi connectivity index (χ0v) is 27.8. The summed E-state index contributed by atoms with van der Waals surface area (Å²) in [5.41, 5.74) is 5.01. The molecule has 2 aliphatic rings. The topological polar surface area (TPSA) is 26.3 Å². The normalized spacial score (nSPS) is 26.0. The first-order chi connectivity index (χ1) is 19.9. The number of ether oxygens (including phenoxy) is 1. The quantitative estimate of drug-likeness (QED) is 0.177. The van der Waals surface area contributed by atoms with Gasteiger partial charge in [-0.1, -0.05) is 99.0 Å². The number of hydrogen-bond donors (Lipinski definition) is 0. The van der Waals surface area contributed by atoms with E-state index in [1.807, 2.05) is 0 Å². The van der Waals surface area contributed by atoms with Crippen LogP contribution in [0.15, 0.2) is 77.4 Å². The first-order valence-corrected chi connectivity index (χ1v) is 16.5. The van der Waals surface area contributed by atoms with Gasteiger partial charge in [0.1, 0.15) is 5.60 Å². The minimum absolute atomic E-state index is 0.0327. The van der Waals surface area contributed by atoms with E-state index in [-0.39, 0.29) is 16.8 Å². The van der Waals surface area contributed by atoms with Gasteiger partial charge in [-0.2, -0.15) is 0 Å². The van der Waals surface area contributed by atoms with E-state index < -0.39 is 5.60 Å². The van der Waals surface area contributed by atoms with Crippen molar-refractivity contribution in [3.05, 3.63) is 83.0 Å². The average Bonchev–Trinajstić information content (AvgIpc) is 3.25. The molecule has 2 aliphatic carbocycles. The number of carbonyl (C=O) groups excluding carboxylic acids is 1. The molecule has 0 aliphatic heterocycles. The Balaban J connectivity index is 1.36. The van der Waals surface area contributed by atoms with Gasteiger partial charge in [-0.05, 0) is 125 Å². The SMILES string of the molecule is CC(C)=CCC/C(C)=C/CC/C(C)=C/CC[C@H](C)CC(=O)O[C@]1(c2ccc3ccccc3c2)C[C@H]2CC[C@]1(C)C2(C)C. The Morgan fingerprint density at radius 3 is 2.17 bits per heavy atom. The number of rotatable bonds is 13. The number of allylic oxidation sites excluding steroid dienone is 6. The van der Waals surface area contributed by atoms with Crippen LogP contribution in [0, 0.1) is 22.7 Å². The highest BCUT2D eigenvalue weighted by atomic mass is 16.6. The molecule has 0 N–H and O–H groups in total. The van der Waals surface area contributed by atoms with Gasteiger partial charge in [0, 0.05) is 11.8 Å². The standard InChI is InChI=1S/C40H56O2/c1-29(2)14-11-15-30(3)16-12-17-31(4)18-13-19-32(5)26-37(41)42-40(28-36-24-25-39(40,8)38(36,6)7)35-23-22-33-20-9-10-21-34(33)27-35/h9-10,14,16,18,20-23,27,32,36H,11-13,15,17,19,24-26,28H2,1-8H3/b30-16+,31-18+/t32-,36+,39+,40-/m0/s1. The van der Waals surface area contributed by atoms with Crippen LogP contribution in [0.3, 0.4) is 0 Å². The summed E-state index contributed by atoms with van der Waals surface area (Å²) in [5.74, 6) is 0.838. The number of carbonyl (C=O) groups is 1. The third-order valence-corrected chi connectivity index (χ3v) is 11.2. The van der Waals surface area contributed by atoms with E-state index in [1.54, 1.807) is 0 Å². The maximum Gasteiger partial charge on any atom is 0.306 e. The Morgan fingerprint density at radius 2 is 1.55 bits per heavy atom. The van der Waals surface area contributed by atoms with Crippen LogP contribution in [0.2, 0.25) is 0 Å². The molecule has 2 aromatic carbocycles. The van der Waals surface area contributed by atoms with E-state index in [0.29, 0.717) is 18.3 Å². The van der Waals surface area contributed by atoms with E-state index in [9.17, 15) is 4.79 Å². The molecular formula is C40H56O2. The summed E-state index contributed by atoms with van der Waals surface area (Å²) in [6.45, 7) is 18.2. The minimum Gasteiger partial charge on any atom is -0.454 e. The summed E-state index contributed by atoms with van der Waals surface area (Å²) in [6.07, 6.45) is 17.4. The van der Waals surface area contributed by atoms with Crippen LogP contribution < -0.4 is 0 Å². The molecule has 0 radical (unpaired) electrons. The van der Waals surface area contributed by atoms with Gasteiger partial charge in [0.2, 0.25) is 0 Å². The zero-order chi connectivity index (χ0) is 30.5. The van der Waals surface area contributed by atoms with Crippen molar-refractivity contribution in [2.75, 3.05) is 0 Å². The van der Waals surface area contributed by atoms with E-state index in [1.165, 1.54) is 39.5 Å². The van der Waals surface area contributed by atoms with Gasteiger partial charge in [0.25, 0.3) is 0 Å².